The Morgan fingerprint density at radius 3 is 2.70 bits per heavy atom. The molecule has 4 nitrogen and oxygen atoms in total. The molecule has 2 aromatic carbocycles. The minimum Gasteiger partial charge on any atom is -0.255 e. The molecule has 0 saturated carbocycles. The van der Waals surface area contributed by atoms with Gasteiger partial charge >= 0.3 is 0 Å². The average Bonchev–Trinajstić information content (AvgIpc) is 2.55. The van der Waals surface area contributed by atoms with Crippen molar-refractivity contribution in [3.8, 4) is 0 Å². The van der Waals surface area contributed by atoms with Crippen molar-refractivity contribution in [3.05, 3.63) is 70.9 Å². The minimum atomic E-state index is -3.66. The second kappa shape index (κ2) is 6.28. The van der Waals surface area contributed by atoms with Crippen LogP contribution in [0.4, 0.5) is 0 Å². The van der Waals surface area contributed by atoms with E-state index < -0.39 is 10.0 Å². The summed E-state index contributed by atoms with van der Waals surface area (Å²) in [4.78, 5) is 4.36. The number of aryl methyl sites for hydroxylation is 1. The Morgan fingerprint density at radius 2 is 1.91 bits per heavy atom. The van der Waals surface area contributed by atoms with Crippen LogP contribution < -0.4 is 4.72 Å². The van der Waals surface area contributed by atoms with Crippen LogP contribution in [0.15, 0.2) is 59.6 Å². The van der Waals surface area contributed by atoms with Gasteiger partial charge in [-0.05, 0) is 36.2 Å². The van der Waals surface area contributed by atoms with Crippen molar-refractivity contribution in [2.45, 2.75) is 18.4 Å². The second-order valence-corrected chi connectivity index (χ2v) is 7.38. The van der Waals surface area contributed by atoms with Gasteiger partial charge in [0.25, 0.3) is 0 Å². The number of fused-ring (bicyclic) bond motifs is 1. The smallest absolute Gasteiger partial charge is 0.243 e. The lowest BCUT2D eigenvalue weighted by molar-refractivity contribution is 0.582. The van der Waals surface area contributed by atoms with Gasteiger partial charge in [-0.1, -0.05) is 41.9 Å². The van der Waals surface area contributed by atoms with E-state index in [0.717, 1.165) is 16.5 Å². The summed E-state index contributed by atoms with van der Waals surface area (Å²) in [6.07, 6.45) is 1.58. The van der Waals surface area contributed by atoms with E-state index in [1.807, 2.05) is 31.2 Å². The zero-order valence-electron chi connectivity index (χ0n) is 12.5. The molecular weight excluding hydrogens is 332 g/mol. The van der Waals surface area contributed by atoms with Crippen LogP contribution in [0.1, 0.15) is 11.1 Å². The van der Waals surface area contributed by atoms with Crippen LogP contribution in [-0.4, -0.2) is 13.4 Å². The molecule has 0 bridgehead atoms. The van der Waals surface area contributed by atoms with E-state index in [0.29, 0.717) is 10.5 Å². The highest BCUT2D eigenvalue weighted by Gasteiger charge is 2.17. The van der Waals surface area contributed by atoms with Gasteiger partial charge < -0.3 is 0 Å². The van der Waals surface area contributed by atoms with E-state index in [1.165, 1.54) is 0 Å². The first-order valence-corrected chi connectivity index (χ1v) is 8.92. The maximum atomic E-state index is 12.6. The molecule has 0 amide bonds. The highest BCUT2D eigenvalue weighted by Crippen LogP contribution is 2.21. The van der Waals surface area contributed by atoms with Crippen molar-refractivity contribution >= 4 is 32.5 Å². The molecule has 0 saturated heterocycles. The normalized spacial score (nSPS) is 11.7. The fourth-order valence-corrected chi connectivity index (χ4v) is 3.69. The number of halogens is 1. The number of benzene rings is 2. The Hall–Kier alpha value is -1.95. The topological polar surface area (TPSA) is 59.1 Å². The molecule has 1 heterocycles. The molecule has 1 N–H and O–H groups in total. The third-order valence-electron chi connectivity index (χ3n) is 3.59. The van der Waals surface area contributed by atoms with Crippen LogP contribution in [0.2, 0.25) is 5.02 Å². The van der Waals surface area contributed by atoms with Crippen LogP contribution in [0.5, 0.6) is 0 Å². The number of nitrogens with one attached hydrogen (secondary N) is 1. The van der Waals surface area contributed by atoms with E-state index in [2.05, 4.69) is 9.71 Å². The summed E-state index contributed by atoms with van der Waals surface area (Å²) in [6.45, 7) is 2.07. The van der Waals surface area contributed by atoms with Gasteiger partial charge in [0.1, 0.15) is 4.90 Å². The van der Waals surface area contributed by atoms with Crippen LogP contribution in [-0.2, 0) is 16.6 Å². The number of aromatic nitrogens is 1. The average molecular weight is 347 g/mol. The Balaban J connectivity index is 1.90. The molecule has 0 unspecified atom stereocenters. The third kappa shape index (κ3) is 3.37. The monoisotopic (exact) mass is 346 g/mol. The van der Waals surface area contributed by atoms with Crippen LogP contribution >= 0.6 is 11.6 Å². The predicted molar refractivity (Wildman–Crippen MR) is 92.0 cm³/mol. The molecule has 0 atom stereocenters. The minimum absolute atomic E-state index is 0.172. The maximum absolute atomic E-state index is 12.6. The highest BCUT2D eigenvalue weighted by molar-refractivity contribution is 7.89. The van der Waals surface area contributed by atoms with Crippen molar-refractivity contribution < 1.29 is 8.42 Å². The molecule has 0 aliphatic rings. The van der Waals surface area contributed by atoms with Crippen molar-refractivity contribution in [1.29, 1.82) is 0 Å². The molecule has 0 spiro atoms. The molecule has 118 valence electrons. The predicted octanol–water partition coefficient (Wildman–Crippen LogP) is 3.68. The highest BCUT2D eigenvalue weighted by atomic mass is 35.5. The number of hydrogen-bond donors (Lipinski definition) is 1. The molecule has 0 aliphatic carbocycles. The molecule has 1 aromatic heterocycles. The quantitative estimate of drug-likeness (QED) is 0.784. The lowest BCUT2D eigenvalue weighted by Gasteiger charge is -2.09. The van der Waals surface area contributed by atoms with Crippen molar-refractivity contribution in [1.82, 2.24) is 9.71 Å². The summed E-state index contributed by atoms with van der Waals surface area (Å²) in [5.74, 6) is 0. The molecule has 0 aliphatic heterocycles. The number of para-hydroxylation sites is 1. The first kappa shape index (κ1) is 15.9. The number of pyridine rings is 1. The van der Waals surface area contributed by atoms with Crippen LogP contribution in [0.3, 0.4) is 0 Å². The first-order valence-electron chi connectivity index (χ1n) is 7.06. The fourth-order valence-electron chi connectivity index (χ4n) is 2.30. The van der Waals surface area contributed by atoms with Gasteiger partial charge in [-0.15, -0.1) is 0 Å². The van der Waals surface area contributed by atoms with E-state index in [4.69, 9.17) is 11.6 Å². The Labute approximate surface area is 140 Å². The van der Waals surface area contributed by atoms with E-state index in [-0.39, 0.29) is 11.4 Å². The second-order valence-electron chi connectivity index (χ2n) is 5.24. The standard InChI is InChI=1S/C17H15ClN2O2S/c1-12-7-8-13(10-15(12)18)11-20-23(21,22)16-6-2-4-14-5-3-9-19-17(14)16/h2-10,20H,11H2,1H3. The Kier molecular flexibility index (Phi) is 4.35. The number of hydrogen-bond acceptors (Lipinski definition) is 3. The van der Waals surface area contributed by atoms with Gasteiger partial charge in [-0.3, -0.25) is 4.98 Å². The Bertz CT molecular complexity index is 966. The van der Waals surface area contributed by atoms with Gasteiger partial charge in [0.15, 0.2) is 0 Å². The summed E-state index contributed by atoms with van der Waals surface area (Å²) in [7, 11) is -3.66. The van der Waals surface area contributed by atoms with Gasteiger partial charge in [0.2, 0.25) is 10.0 Å². The molecule has 0 radical (unpaired) electrons. The zero-order valence-corrected chi connectivity index (χ0v) is 14.0. The van der Waals surface area contributed by atoms with Gasteiger partial charge in [0.05, 0.1) is 5.52 Å². The largest absolute Gasteiger partial charge is 0.255 e. The summed E-state index contributed by atoms with van der Waals surface area (Å²) in [6, 6.07) is 14.2. The van der Waals surface area contributed by atoms with Gasteiger partial charge in [0, 0.05) is 23.2 Å². The van der Waals surface area contributed by atoms with E-state index >= 15 is 0 Å². The van der Waals surface area contributed by atoms with Crippen LogP contribution in [0.25, 0.3) is 10.9 Å². The molecule has 23 heavy (non-hydrogen) atoms. The molecular formula is C17H15ClN2O2S. The summed E-state index contributed by atoms with van der Waals surface area (Å²) in [5.41, 5.74) is 2.22. The lowest BCUT2D eigenvalue weighted by Crippen LogP contribution is -2.23. The van der Waals surface area contributed by atoms with Crippen molar-refractivity contribution in [2.75, 3.05) is 0 Å². The van der Waals surface area contributed by atoms with E-state index in [9.17, 15) is 8.42 Å². The molecule has 0 fully saturated rings. The molecule has 3 rings (SSSR count). The van der Waals surface area contributed by atoms with Crippen LogP contribution in [0, 0.1) is 6.92 Å². The summed E-state index contributed by atoms with van der Waals surface area (Å²) >= 11 is 6.07. The number of nitrogens with zero attached hydrogens (tertiary/aromatic N) is 1. The maximum Gasteiger partial charge on any atom is 0.243 e. The van der Waals surface area contributed by atoms with E-state index in [1.54, 1.807) is 30.5 Å². The Morgan fingerprint density at radius 1 is 1.13 bits per heavy atom. The SMILES string of the molecule is Cc1ccc(CNS(=O)(=O)c2cccc3cccnc23)cc1Cl. The first-order chi connectivity index (χ1) is 11.0. The summed E-state index contributed by atoms with van der Waals surface area (Å²) in [5, 5.41) is 1.40. The fraction of sp³-hybridized carbons (Fsp3) is 0.118. The van der Waals surface area contributed by atoms with Gasteiger partial charge in [-0.25, -0.2) is 13.1 Å². The van der Waals surface area contributed by atoms with Crippen molar-refractivity contribution in [3.63, 3.8) is 0 Å². The third-order valence-corrected chi connectivity index (χ3v) is 5.43. The molecule has 6 heteroatoms. The number of sulfonamides is 1. The number of rotatable bonds is 4. The van der Waals surface area contributed by atoms with Crippen molar-refractivity contribution in [2.24, 2.45) is 0 Å². The summed E-state index contributed by atoms with van der Waals surface area (Å²) < 4.78 is 27.8. The molecule has 3 aromatic rings. The zero-order chi connectivity index (χ0) is 16.4. The van der Waals surface area contributed by atoms with Gasteiger partial charge in [-0.2, -0.15) is 0 Å². The lowest BCUT2D eigenvalue weighted by atomic mass is 10.1.